The summed E-state index contributed by atoms with van der Waals surface area (Å²) >= 11 is 0. The highest BCUT2D eigenvalue weighted by Gasteiger charge is 2.26. The van der Waals surface area contributed by atoms with Crippen molar-refractivity contribution >= 4 is 17.5 Å². The van der Waals surface area contributed by atoms with Gasteiger partial charge in [-0.2, -0.15) is 5.10 Å². The van der Waals surface area contributed by atoms with Crippen LogP contribution in [0.2, 0.25) is 0 Å². The number of H-pyrrole nitrogens is 1. The Morgan fingerprint density at radius 3 is 2.78 bits per heavy atom. The van der Waals surface area contributed by atoms with Gasteiger partial charge in [0.15, 0.2) is 0 Å². The summed E-state index contributed by atoms with van der Waals surface area (Å²) in [4.78, 5) is 43.7. The number of amides is 2. The lowest BCUT2D eigenvalue weighted by atomic mass is 9.97. The maximum absolute atomic E-state index is 13.8. The molecule has 0 unspecified atom stereocenters. The molecule has 1 fully saturated rings. The van der Waals surface area contributed by atoms with Crippen LogP contribution in [0, 0.1) is 0 Å². The van der Waals surface area contributed by atoms with Crippen LogP contribution < -0.4 is 16.2 Å². The van der Waals surface area contributed by atoms with Gasteiger partial charge in [0.25, 0.3) is 17.4 Å². The Morgan fingerprint density at radius 1 is 1.19 bits per heavy atom. The summed E-state index contributed by atoms with van der Waals surface area (Å²) in [5.41, 5.74) is 3.91. The molecule has 2 aliphatic rings. The molecule has 0 bridgehead atoms. The maximum Gasteiger partial charge on any atom is 0.269 e. The molecule has 2 aromatic heterocycles. The van der Waals surface area contributed by atoms with E-state index < -0.39 is 6.67 Å². The smallest absolute Gasteiger partial charge is 0.269 e. The van der Waals surface area contributed by atoms with Crippen LogP contribution in [0.4, 0.5) is 10.1 Å². The summed E-state index contributed by atoms with van der Waals surface area (Å²) in [6.07, 6.45) is 6.37. The molecule has 1 saturated heterocycles. The highest BCUT2D eigenvalue weighted by atomic mass is 19.1. The minimum atomic E-state index is -0.755. The summed E-state index contributed by atoms with van der Waals surface area (Å²) in [5.74, 6) is -0.404. The summed E-state index contributed by atoms with van der Waals surface area (Å²) in [5, 5.41) is 13.1. The Labute approximate surface area is 213 Å². The molecule has 5 rings (SSSR count). The van der Waals surface area contributed by atoms with Gasteiger partial charge in [-0.3, -0.25) is 19.4 Å². The molecular weight excluding hydrogens is 475 g/mol. The topological polar surface area (TPSA) is 120 Å². The van der Waals surface area contributed by atoms with Gasteiger partial charge >= 0.3 is 0 Å². The number of hydrogen-bond acceptors (Lipinski definition) is 6. The summed E-state index contributed by atoms with van der Waals surface area (Å²) in [6, 6.07) is 8.48. The number of alkyl halides is 1. The number of likely N-dealkylation sites (tertiary alicyclic amines) is 1. The fourth-order valence-electron chi connectivity index (χ4n) is 5.00. The number of aromatic nitrogens is 3. The number of fused-ring (bicyclic) bond motifs is 1. The average Bonchev–Trinajstić information content (AvgIpc) is 2.95. The van der Waals surface area contributed by atoms with Gasteiger partial charge < -0.3 is 15.5 Å². The molecule has 10 heteroatoms. The van der Waals surface area contributed by atoms with E-state index >= 15 is 0 Å². The van der Waals surface area contributed by atoms with Crippen molar-refractivity contribution in [2.75, 3.05) is 25.0 Å². The molecule has 4 heterocycles. The fourth-order valence-corrected chi connectivity index (χ4v) is 5.00. The van der Waals surface area contributed by atoms with Crippen molar-refractivity contribution in [3.05, 3.63) is 86.6 Å². The van der Waals surface area contributed by atoms with Crippen LogP contribution in [-0.4, -0.2) is 57.6 Å². The number of halogens is 1. The average molecular weight is 505 g/mol. The van der Waals surface area contributed by atoms with Crippen molar-refractivity contribution in [3.63, 3.8) is 0 Å². The van der Waals surface area contributed by atoms with Crippen LogP contribution in [0.25, 0.3) is 0 Å². The Hall–Kier alpha value is -4.08. The van der Waals surface area contributed by atoms with Gasteiger partial charge in [0.1, 0.15) is 6.67 Å². The van der Waals surface area contributed by atoms with Crippen molar-refractivity contribution in [1.82, 2.24) is 25.4 Å². The zero-order valence-electron chi connectivity index (χ0n) is 20.4. The lowest BCUT2D eigenvalue weighted by Gasteiger charge is -2.32. The molecular formula is C27H29FN6O3. The third-order valence-electron chi connectivity index (χ3n) is 7.02. The van der Waals surface area contributed by atoms with Crippen molar-refractivity contribution in [1.29, 1.82) is 0 Å². The van der Waals surface area contributed by atoms with Gasteiger partial charge in [-0.05, 0) is 55.0 Å². The third-order valence-corrected chi connectivity index (χ3v) is 7.02. The fraction of sp³-hybridized carbons (Fsp3) is 0.370. The number of hydrogen-bond donors (Lipinski definition) is 3. The molecule has 3 N–H and O–H groups in total. The summed E-state index contributed by atoms with van der Waals surface area (Å²) in [6.45, 7) is 1.05. The molecule has 37 heavy (non-hydrogen) atoms. The number of rotatable bonds is 6. The lowest BCUT2D eigenvalue weighted by molar-refractivity contribution is 0.0697. The number of nitrogens with zero attached hydrogens (tertiary/aromatic N) is 3. The molecule has 1 aromatic carbocycles. The number of aromatic amines is 1. The van der Waals surface area contributed by atoms with Crippen molar-refractivity contribution in [2.24, 2.45) is 0 Å². The highest BCUT2D eigenvalue weighted by molar-refractivity contribution is 5.96. The van der Waals surface area contributed by atoms with E-state index in [1.54, 1.807) is 47.6 Å². The second kappa shape index (κ2) is 10.9. The molecule has 0 spiro atoms. The monoisotopic (exact) mass is 504 g/mol. The van der Waals surface area contributed by atoms with E-state index in [4.69, 9.17) is 0 Å². The van der Waals surface area contributed by atoms with E-state index in [9.17, 15) is 18.8 Å². The molecule has 0 radical (unpaired) electrons. The number of benzene rings is 1. The molecule has 0 saturated carbocycles. The minimum Gasteiger partial charge on any atom is -0.383 e. The Balaban J connectivity index is 1.26. The molecule has 2 aliphatic heterocycles. The van der Waals surface area contributed by atoms with Gasteiger partial charge in [-0.1, -0.05) is 12.1 Å². The van der Waals surface area contributed by atoms with Gasteiger partial charge in [0.05, 0.1) is 16.9 Å². The summed E-state index contributed by atoms with van der Waals surface area (Å²) in [7, 11) is 0. The van der Waals surface area contributed by atoms with Crippen LogP contribution >= 0.6 is 0 Å². The standard InChI is InChI=1S/C27H29FN6O3/c28-15-18-6-5-17(14-23-24-21(4-2-10-30-24)26(36)33-32-23)13-22(18)25(35)31-20-7-11-34(12-8-20)27(37)19-3-1-9-29-16-19/h1,3,5-6,9,13,16,20,30H,2,4,7-8,10-12,14-15H2,(H,31,35)(H,33,36). The quantitative estimate of drug-likeness (QED) is 0.475. The lowest BCUT2D eigenvalue weighted by Crippen LogP contribution is -2.46. The van der Waals surface area contributed by atoms with Crippen LogP contribution in [0.1, 0.15) is 62.4 Å². The number of anilines is 1. The Morgan fingerprint density at radius 2 is 2.03 bits per heavy atom. The minimum absolute atomic E-state index is 0.0714. The Bertz CT molecular complexity index is 1350. The molecule has 192 valence electrons. The maximum atomic E-state index is 13.8. The Kier molecular flexibility index (Phi) is 7.25. The number of nitrogens with one attached hydrogen (secondary N) is 3. The van der Waals surface area contributed by atoms with E-state index in [1.807, 2.05) is 0 Å². The van der Waals surface area contributed by atoms with Crippen LogP contribution in [-0.2, 0) is 19.5 Å². The normalized spacial score (nSPS) is 15.5. The molecule has 9 nitrogen and oxygen atoms in total. The molecule has 0 atom stereocenters. The van der Waals surface area contributed by atoms with Gasteiger partial charge in [-0.15, -0.1) is 0 Å². The van der Waals surface area contributed by atoms with Crippen LogP contribution in [0.5, 0.6) is 0 Å². The molecule has 3 aromatic rings. The summed E-state index contributed by atoms with van der Waals surface area (Å²) < 4.78 is 13.8. The van der Waals surface area contributed by atoms with Gasteiger partial charge in [-0.25, -0.2) is 9.49 Å². The zero-order valence-corrected chi connectivity index (χ0v) is 20.4. The van der Waals surface area contributed by atoms with Crippen molar-refractivity contribution < 1.29 is 14.0 Å². The van der Waals surface area contributed by atoms with E-state index in [-0.39, 0.29) is 23.4 Å². The van der Waals surface area contributed by atoms with Crippen molar-refractivity contribution in [2.45, 2.75) is 44.8 Å². The van der Waals surface area contributed by atoms with E-state index in [0.29, 0.717) is 66.7 Å². The second-order valence-corrected chi connectivity index (χ2v) is 9.47. The van der Waals surface area contributed by atoms with Gasteiger partial charge in [0.2, 0.25) is 0 Å². The van der Waals surface area contributed by atoms with Crippen LogP contribution in [0.3, 0.4) is 0 Å². The molecule has 2 amide bonds. The van der Waals surface area contributed by atoms with E-state index in [2.05, 4.69) is 25.8 Å². The third kappa shape index (κ3) is 5.37. The second-order valence-electron chi connectivity index (χ2n) is 9.47. The number of carbonyl (C=O) groups excluding carboxylic acids is 2. The van der Waals surface area contributed by atoms with Crippen molar-refractivity contribution in [3.8, 4) is 0 Å². The first-order chi connectivity index (χ1) is 18.0. The van der Waals surface area contributed by atoms with Crippen LogP contribution in [0.15, 0.2) is 47.5 Å². The first-order valence-electron chi connectivity index (χ1n) is 12.6. The van der Waals surface area contributed by atoms with E-state index in [0.717, 1.165) is 24.2 Å². The largest absolute Gasteiger partial charge is 0.383 e. The van der Waals surface area contributed by atoms with E-state index in [1.165, 1.54) is 0 Å². The predicted octanol–water partition coefficient (Wildman–Crippen LogP) is 2.62. The predicted molar refractivity (Wildman–Crippen MR) is 136 cm³/mol. The zero-order chi connectivity index (χ0) is 25.8. The number of carbonyl (C=O) groups is 2. The van der Waals surface area contributed by atoms with Gasteiger partial charge in [0, 0.05) is 55.6 Å². The first-order valence-corrected chi connectivity index (χ1v) is 12.6. The number of pyridine rings is 1. The highest BCUT2D eigenvalue weighted by Crippen LogP contribution is 2.25. The number of piperidine rings is 1. The SMILES string of the molecule is O=C(NC1CCN(C(=O)c2cccnc2)CC1)c1cc(Cc2n[nH]c(=O)c3c2NCCC3)ccc1CF. The first kappa shape index (κ1) is 24.6. The molecule has 0 aliphatic carbocycles.